The minimum atomic E-state index is 0.434. The van der Waals surface area contributed by atoms with Gasteiger partial charge in [0.2, 0.25) is 0 Å². The van der Waals surface area contributed by atoms with Gasteiger partial charge in [0.15, 0.2) is 5.82 Å². The predicted molar refractivity (Wildman–Crippen MR) is 90.5 cm³/mol. The summed E-state index contributed by atoms with van der Waals surface area (Å²) < 4.78 is 12.4. The minimum absolute atomic E-state index is 0.434. The number of ether oxygens (including phenoxy) is 2. The molecule has 0 N–H and O–H groups in total. The van der Waals surface area contributed by atoms with Crippen molar-refractivity contribution in [1.29, 1.82) is 0 Å². The Kier molecular flexibility index (Phi) is 5.10. The van der Waals surface area contributed by atoms with Crippen molar-refractivity contribution in [3.63, 3.8) is 0 Å². The summed E-state index contributed by atoms with van der Waals surface area (Å²) >= 11 is 0. The van der Waals surface area contributed by atoms with Gasteiger partial charge in [-0.2, -0.15) is 4.68 Å². The average Bonchev–Trinajstić information content (AvgIpc) is 3.10. The predicted octanol–water partition coefficient (Wildman–Crippen LogP) is 2.22. The monoisotopic (exact) mass is 329 g/mol. The summed E-state index contributed by atoms with van der Waals surface area (Å²) in [6, 6.07) is 6.04. The molecule has 0 saturated carbocycles. The summed E-state index contributed by atoms with van der Waals surface area (Å²) in [7, 11) is 5.36. The molecular formula is C17H23N5O2. The fraction of sp³-hybridized carbons (Fsp3) is 0.471. The van der Waals surface area contributed by atoms with Crippen molar-refractivity contribution in [3.05, 3.63) is 36.2 Å². The molecule has 24 heavy (non-hydrogen) atoms. The number of hydrogen-bond acceptors (Lipinski definition) is 6. The number of allylic oxidation sites excluding steroid dienone is 1. The molecule has 0 fully saturated rings. The SMILES string of the molecule is COc1cc(OC)cc(-n2nnnc2CN(C)C2C=CCCC2)c1. The maximum Gasteiger partial charge on any atom is 0.170 e. The van der Waals surface area contributed by atoms with Gasteiger partial charge in [0.25, 0.3) is 0 Å². The van der Waals surface area contributed by atoms with Gasteiger partial charge in [0.1, 0.15) is 11.5 Å². The maximum atomic E-state index is 5.33. The highest BCUT2D eigenvalue weighted by Gasteiger charge is 2.18. The second kappa shape index (κ2) is 7.44. The molecule has 0 bridgehead atoms. The van der Waals surface area contributed by atoms with Crippen LogP contribution in [0.25, 0.3) is 5.69 Å². The van der Waals surface area contributed by atoms with Crippen LogP contribution in [0.4, 0.5) is 0 Å². The minimum Gasteiger partial charge on any atom is -0.497 e. The molecule has 0 saturated heterocycles. The quantitative estimate of drug-likeness (QED) is 0.757. The Morgan fingerprint density at radius 1 is 1.21 bits per heavy atom. The van der Waals surface area contributed by atoms with Crippen LogP contribution in [0.1, 0.15) is 25.1 Å². The molecule has 1 unspecified atom stereocenters. The van der Waals surface area contributed by atoms with E-state index in [4.69, 9.17) is 9.47 Å². The first-order valence-corrected chi connectivity index (χ1v) is 8.09. The Balaban J connectivity index is 1.85. The van der Waals surface area contributed by atoms with Crippen molar-refractivity contribution in [3.8, 4) is 17.2 Å². The molecule has 1 atom stereocenters. The largest absolute Gasteiger partial charge is 0.497 e. The third kappa shape index (κ3) is 3.56. The summed E-state index contributed by atoms with van der Waals surface area (Å²) in [5, 5.41) is 12.2. The van der Waals surface area contributed by atoms with Crippen molar-refractivity contribution in [2.75, 3.05) is 21.3 Å². The summed E-state index contributed by atoms with van der Waals surface area (Å²) in [6.07, 6.45) is 8.09. The van der Waals surface area contributed by atoms with Gasteiger partial charge in [-0.3, -0.25) is 4.90 Å². The van der Waals surface area contributed by atoms with Crippen LogP contribution in [0.15, 0.2) is 30.4 Å². The zero-order valence-electron chi connectivity index (χ0n) is 14.3. The Morgan fingerprint density at radius 3 is 2.58 bits per heavy atom. The van der Waals surface area contributed by atoms with Crippen molar-refractivity contribution >= 4 is 0 Å². The van der Waals surface area contributed by atoms with Gasteiger partial charge >= 0.3 is 0 Å². The molecule has 0 amide bonds. The van der Waals surface area contributed by atoms with Crippen molar-refractivity contribution in [2.45, 2.75) is 31.8 Å². The van der Waals surface area contributed by atoms with Crippen LogP contribution in [-0.4, -0.2) is 52.4 Å². The molecular weight excluding hydrogens is 306 g/mol. The topological polar surface area (TPSA) is 65.3 Å². The molecule has 3 rings (SSSR count). The van der Waals surface area contributed by atoms with E-state index in [9.17, 15) is 0 Å². The number of tetrazole rings is 1. The van der Waals surface area contributed by atoms with Crippen molar-refractivity contribution in [2.24, 2.45) is 0 Å². The lowest BCUT2D eigenvalue weighted by Gasteiger charge is -2.27. The molecule has 1 heterocycles. The smallest absolute Gasteiger partial charge is 0.170 e. The van der Waals surface area contributed by atoms with Crippen LogP contribution < -0.4 is 9.47 Å². The Labute approximate surface area is 141 Å². The first-order chi connectivity index (χ1) is 11.7. The van der Waals surface area contributed by atoms with Gasteiger partial charge in [-0.05, 0) is 36.7 Å². The Bertz CT molecular complexity index is 691. The van der Waals surface area contributed by atoms with Crippen LogP contribution in [-0.2, 0) is 6.54 Å². The van der Waals surface area contributed by atoms with E-state index < -0.39 is 0 Å². The molecule has 0 spiro atoms. The van der Waals surface area contributed by atoms with Crippen molar-refractivity contribution in [1.82, 2.24) is 25.1 Å². The van der Waals surface area contributed by atoms with E-state index >= 15 is 0 Å². The summed E-state index contributed by atoms with van der Waals surface area (Å²) in [6.45, 7) is 0.668. The van der Waals surface area contributed by atoms with Crippen LogP contribution in [0, 0.1) is 0 Å². The average molecular weight is 329 g/mol. The van der Waals surface area contributed by atoms with E-state index in [2.05, 4.69) is 39.6 Å². The lowest BCUT2D eigenvalue weighted by molar-refractivity contribution is 0.246. The Hall–Kier alpha value is -2.41. The normalized spacial score (nSPS) is 17.2. The number of rotatable bonds is 6. The summed E-state index contributed by atoms with van der Waals surface area (Å²) in [5.41, 5.74) is 0.818. The van der Waals surface area contributed by atoms with Crippen LogP contribution in [0.5, 0.6) is 11.5 Å². The van der Waals surface area contributed by atoms with Gasteiger partial charge in [0.05, 0.1) is 26.5 Å². The number of hydrogen-bond donors (Lipinski definition) is 0. The second-order valence-electron chi connectivity index (χ2n) is 5.92. The highest BCUT2D eigenvalue weighted by molar-refractivity contribution is 5.46. The molecule has 1 aliphatic carbocycles. The van der Waals surface area contributed by atoms with Crippen LogP contribution >= 0.6 is 0 Å². The molecule has 7 heteroatoms. The lowest BCUT2D eigenvalue weighted by Crippen LogP contribution is -2.31. The third-order valence-corrected chi connectivity index (χ3v) is 4.30. The van der Waals surface area contributed by atoms with E-state index in [-0.39, 0.29) is 0 Å². The molecule has 128 valence electrons. The molecule has 0 radical (unpaired) electrons. The maximum absolute atomic E-state index is 5.33. The zero-order valence-corrected chi connectivity index (χ0v) is 14.3. The van der Waals surface area contributed by atoms with Gasteiger partial charge < -0.3 is 9.47 Å². The summed E-state index contributed by atoms with van der Waals surface area (Å²) in [5.74, 6) is 2.19. The van der Waals surface area contributed by atoms with E-state index in [1.165, 1.54) is 19.3 Å². The first kappa shape index (κ1) is 16.4. The number of nitrogens with zero attached hydrogens (tertiary/aromatic N) is 5. The Morgan fingerprint density at radius 2 is 1.96 bits per heavy atom. The van der Waals surface area contributed by atoms with E-state index in [1.54, 1.807) is 18.9 Å². The highest BCUT2D eigenvalue weighted by Crippen LogP contribution is 2.25. The zero-order chi connectivity index (χ0) is 16.9. The van der Waals surface area contributed by atoms with Gasteiger partial charge in [-0.1, -0.05) is 12.2 Å². The molecule has 1 aromatic heterocycles. The lowest BCUT2D eigenvalue weighted by atomic mass is 10.0. The molecule has 2 aromatic rings. The highest BCUT2D eigenvalue weighted by atomic mass is 16.5. The van der Waals surface area contributed by atoms with Crippen molar-refractivity contribution < 1.29 is 9.47 Å². The van der Waals surface area contributed by atoms with E-state index in [0.717, 1.165) is 11.5 Å². The van der Waals surface area contributed by atoms with E-state index in [0.29, 0.717) is 24.1 Å². The molecule has 1 aromatic carbocycles. The van der Waals surface area contributed by atoms with Gasteiger partial charge in [0, 0.05) is 24.2 Å². The molecule has 0 aliphatic heterocycles. The van der Waals surface area contributed by atoms with Gasteiger partial charge in [-0.25, -0.2) is 0 Å². The van der Waals surface area contributed by atoms with E-state index in [1.807, 2.05) is 18.2 Å². The standard InChI is InChI=1S/C17H23N5O2/c1-21(13-7-5-4-6-8-13)12-17-18-19-20-22(17)14-9-15(23-2)11-16(10-14)24-3/h5,7,9-11,13H,4,6,8,12H2,1-3H3. The van der Waals surface area contributed by atoms with Gasteiger partial charge in [-0.15, -0.1) is 5.10 Å². The first-order valence-electron chi connectivity index (χ1n) is 8.09. The number of aromatic nitrogens is 4. The molecule has 7 nitrogen and oxygen atoms in total. The molecule has 1 aliphatic rings. The number of likely N-dealkylation sites (N-methyl/N-ethyl adjacent to an activating group) is 1. The van der Waals surface area contributed by atoms with Crippen LogP contribution in [0.3, 0.4) is 0 Å². The fourth-order valence-corrected chi connectivity index (χ4v) is 2.92. The summed E-state index contributed by atoms with van der Waals surface area (Å²) in [4.78, 5) is 2.27. The number of benzene rings is 1. The van der Waals surface area contributed by atoms with Crippen LogP contribution in [0.2, 0.25) is 0 Å². The third-order valence-electron chi connectivity index (χ3n) is 4.30. The number of methoxy groups -OCH3 is 2. The second-order valence-corrected chi connectivity index (χ2v) is 5.92. The fourth-order valence-electron chi connectivity index (χ4n) is 2.92.